The van der Waals surface area contributed by atoms with Crippen molar-refractivity contribution in [2.75, 3.05) is 6.61 Å². The van der Waals surface area contributed by atoms with Gasteiger partial charge in [-0.15, -0.1) is 0 Å². The second-order valence-electron chi connectivity index (χ2n) is 4.10. The van der Waals surface area contributed by atoms with E-state index in [0.29, 0.717) is 21.4 Å². The molecule has 0 amide bonds. The zero-order valence-corrected chi connectivity index (χ0v) is 11.8. The van der Waals surface area contributed by atoms with Crippen LogP contribution in [0.2, 0.25) is 10.0 Å². The number of halogens is 2. The first-order valence-electron chi connectivity index (χ1n) is 5.74. The number of carbonyl (C=O) groups excluding carboxylic acids is 1. The summed E-state index contributed by atoms with van der Waals surface area (Å²) in [6.07, 6.45) is 0. The van der Waals surface area contributed by atoms with Crippen LogP contribution in [-0.2, 0) is 0 Å². The first-order chi connectivity index (χ1) is 9.08. The van der Waals surface area contributed by atoms with Gasteiger partial charge in [0.1, 0.15) is 5.75 Å². The van der Waals surface area contributed by atoms with Crippen molar-refractivity contribution < 1.29 is 9.53 Å². The van der Waals surface area contributed by atoms with E-state index in [9.17, 15) is 4.79 Å². The minimum atomic E-state index is -0.153. The topological polar surface area (TPSA) is 26.3 Å². The van der Waals surface area contributed by atoms with Crippen LogP contribution in [-0.4, -0.2) is 12.4 Å². The summed E-state index contributed by atoms with van der Waals surface area (Å²) in [7, 11) is 0. The first-order valence-corrected chi connectivity index (χ1v) is 6.50. The Morgan fingerprint density at radius 3 is 2.58 bits per heavy atom. The standard InChI is InChI=1S/C15H12Cl2O2/c1-10-8-11(16)6-7-15(10)19-9-14(18)12-4-2-3-5-13(12)17/h2-8H,9H2,1H3. The molecule has 2 aromatic carbocycles. The Morgan fingerprint density at radius 1 is 1.16 bits per heavy atom. The molecule has 4 heteroatoms. The van der Waals surface area contributed by atoms with Gasteiger partial charge in [-0.05, 0) is 42.8 Å². The molecule has 0 heterocycles. The van der Waals surface area contributed by atoms with Gasteiger partial charge in [-0.1, -0.05) is 35.3 Å². The van der Waals surface area contributed by atoms with Crippen LogP contribution in [0.5, 0.6) is 5.75 Å². The van der Waals surface area contributed by atoms with E-state index >= 15 is 0 Å². The number of Topliss-reactive ketones (excluding diaryl/α,β-unsaturated/α-hetero) is 1. The lowest BCUT2D eigenvalue weighted by molar-refractivity contribution is 0.0921. The fraction of sp³-hybridized carbons (Fsp3) is 0.133. The molecule has 0 aliphatic heterocycles. The van der Waals surface area contributed by atoms with Crippen molar-refractivity contribution in [3.05, 3.63) is 63.6 Å². The number of ether oxygens (including phenoxy) is 1. The number of aryl methyl sites for hydroxylation is 1. The summed E-state index contributed by atoms with van der Waals surface area (Å²) < 4.78 is 5.50. The van der Waals surface area contributed by atoms with Crippen molar-refractivity contribution in [1.29, 1.82) is 0 Å². The minimum absolute atomic E-state index is 0.0494. The molecule has 0 unspecified atom stereocenters. The van der Waals surface area contributed by atoms with E-state index in [0.717, 1.165) is 5.56 Å². The maximum Gasteiger partial charge on any atom is 0.201 e. The monoisotopic (exact) mass is 294 g/mol. The summed E-state index contributed by atoms with van der Waals surface area (Å²) in [6, 6.07) is 12.2. The molecule has 2 rings (SSSR count). The van der Waals surface area contributed by atoms with Gasteiger partial charge in [-0.25, -0.2) is 0 Å². The lowest BCUT2D eigenvalue weighted by Gasteiger charge is -2.09. The Labute approximate surface area is 121 Å². The van der Waals surface area contributed by atoms with E-state index in [4.69, 9.17) is 27.9 Å². The molecule has 2 nitrogen and oxygen atoms in total. The molecule has 0 radical (unpaired) electrons. The van der Waals surface area contributed by atoms with E-state index in [1.807, 2.05) is 6.92 Å². The quantitative estimate of drug-likeness (QED) is 0.773. The van der Waals surface area contributed by atoms with E-state index in [2.05, 4.69) is 0 Å². The van der Waals surface area contributed by atoms with Crippen molar-refractivity contribution in [1.82, 2.24) is 0 Å². The normalized spacial score (nSPS) is 10.3. The lowest BCUT2D eigenvalue weighted by Crippen LogP contribution is -2.12. The van der Waals surface area contributed by atoms with Gasteiger partial charge in [0.05, 0.1) is 5.02 Å². The maximum absolute atomic E-state index is 12.0. The molecular weight excluding hydrogens is 283 g/mol. The van der Waals surface area contributed by atoms with Crippen molar-refractivity contribution >= 4 is 29.0 Å². The van der Waals surface area contributed by atoms with Gasteiger partial charge in [0.2, 0.25) is 5.78 Å². The Bertz CT molecular complexity index is 609. The van der Waals surface area contributed by atoms with Crippen LogP contribution in [0.3, 0.4) is 0 Å². The first kappa shape index (κ1) is 13.9. The number of hydrogen-bond acceptors (Lipinski definition) is 2. The van der Waals surface area contributed by atoms with Gasteiger partial charge in [0, 0.05) is 10.6 Å². The summed E-state index contributed by atoms with van der Waals surface area (Å²) in [6.45, 7) is 1.83. The SMILES string of the molecule is Cc1cc(Cl)ccc1OCC(=O)c1ccccc1Cl. The molecule has 0 bridgehead atoms. The van der Waals surface area contributed by atoms with E-state index in [1.54, 1.807) is 42.5 Å². The number of carbonyl (C=O) groups is 1. The molecule has 0 atom stereocenters. The average molecular weight is 295 g/mol. The van der Waals surface area contributed by atoms with Crippen molar-refractivity contribution in [2.24, 2.45) is 0 Å². The summed E-state index contributed by atoms with van der Waals surface area (Å²) >= 11 is 11.8. The third-order valence-corrected chi connectivity index (χ3v) is 3.23. The minimum Gasteiger partial charge on any atom is -0.485 e. The van der Waals surface area contributed by atoms with Crippen LogP contribution in [0.4, 0.5) is 0 Å². The smallest absolute Gasteiger partial charge is 0.201 e. The van der Waals surface area contributed by atoms with E-state index in [-0.39, 0.29) is 12.4 Å². The predicted molar refractivity (Wildman–Crippen MR) is 77.5 cm³/mol. The molecule has 2 aromatic rings. The molecule has 0 spiro atoms. The van der Waals surface area contributed by atoms with Gasteiger partial charge in [0.15, 0.2) is 6.61 Å². The third kappa shape index (κ3) is 3.49. The molecule has 0 saturated carbocycles. The van der Waals surface area contributed by atoms with Gasteiger partial charge in [0.25, 0.3) is 0 Å². The molecule has 0 fully saturated rings. The fourth-order valence-electron chi connectivity index (χ4n) is 1.68. The van der Waals surface area contributed by atoms with Crippen LogP contribution < -0.4 is 4.74 Å². The van der Waals surface area contributed by atoms with Gasteiger partial charge >= 0.3 is 0 Å². The van der Waals surface area contributed by atoms with Crippen LogP contribution in [0.1, 0.15) is 15.9 Å². The predicted octanol–water partition coefficient (Wildman–Crippen LogP) is 4.56. The molecule has 0 aliphatic rings. The van der Waals surface area contributed by atoms with Crippen LogP contribution >= 0.6 is 23.2 Å². The van der Waals surface area contributed by atoms with Crippen LogP contribution in [0.25, 0.3) is 0 Å². The third-order valence-electron chi connectivity index (χ3n) is 2.67. The Balaban J connectivity index is 2.07. The zero-order valence-electron chi connectivity index (χ0n) is 10.3. The maximum atomic E-state index is 12.0. The highest BCUT2D eigenvalue weighted by molar-refractivity contribution is 6.34. The number of benzene rings is 2. The summed E-state index contributed by atoms with van der Waals surface area (Å²) in [4.78, 5) is 12.0. The summed E-state index contributed by atoms with van der Waals surface area (Å²) in [5.74, 6) is 0.491. The lowest BCUT2D eigenvalue weighted by atomic mass is 10.1. The Kier molecular flexibility index (Phi) is 4.46. The highest BCUT2D eigenvalue weighted by atomic mass is 35.5. The van der Waals surface area contributed by atoms with Gasteiger partial charge in [-0.2, -0.15) is 0 Å². The summed E-state index contributed by atoms with van der Waals surface area (Å²) in [5.41, 5.74) is 1.36. The summed E-state index contributed by atoms with van der Waals surface area (Å²) in [5, 5.41) is 1.08. The van der Waals surface area contributed by atoms with E-state index in [1.165, 1.54) is 0 Å². The van der Waals surface area contributed by atoms with Crippen molar-refractivity contribution in [3.63, 3.8) is 0 Å². The van der Waals surface area contributed by atoms with Crippen molar-refractivity contribution in [3.8, 4) is 5.75 Å². The molecule has 98 valence electrons. The molecule has 0 N–H and O–H groups in total. The van der Waals surface area contributed by atoms with Crippen molar-refractivity contribution in [2.45, 2.75) is 6.92 Å². The largest absolute Gasteiger partial charge is 0.485 e. The van der Waals surface area contributed by atoms with Gasteiger partial charge < -0.3 is 4.74 Å². The zero-order chi connectivity index (χ0) is 13.8. The Morgan fingerprint density at radius 2 is 1.89 bits per heavy atom. The second kappa shape index (κ2) is 6.09. The highest BCUT2D eigenvalue weighted by Crippen LogP contribution is 2.22. The molecular formula is C15H12Cl2O2. The van der Waals surface area contributed by atoms with Gasteiger partial charge in [-0.3, -0.25) is 4.79 Å². The molecule has 19 heavy (non-hydrogen) atoms. The Hall–Kier alpha value is -1.51. The molecule has 0 saturated heterocycles. The average Bonchev–Trinajstić information content (AvgIpc) is 2.38. The number of hydrogen-bond donors (Lipinski definition) is 0. The van der Waals surface area contributed by atoms with Crippen LogP contribution in [0, 0.1) is 6.92 Å². The van der Waals surface area contributed by atoms with E-state index < -0.39 is 0 Å². The number of ketones is 1. The molecule has 0 aromatic heterocycles. The fourth-order valence-corrected chi connectivity index (χ4v) is 2.15. The van der Waals surface area contributed by atoms with Crippen LogP contribution in [0.15, 0.2) is 42.5 Å². The second-order valence-corrected chi connectivity index (χ2v) is 4.95. The molecule has 0 aliphatic carbocycles. The number of rotatable bonds is 4. The highest BCUT2D eigenvalue weighted by Gasteiger charge is 2.11.